The molecule has 1 heterocycles. The van der Waals surface area contributed by atoms with E-state index in [1.54, 1.807) is 6.92 Å². The molecule has 0 fully saturated rings. The third-order valence-corrected chi connectivity index (χ3v) is 3.81. The van der Waals surface area contributed by atoms with Crippen LogP contribution in [0.5, 0.6) is 0 Å². The van der Waals surface area contributed by atoms with Crippen LogP contribution in [0.15, 0.2) is 23.1 Å². The average Bonchev–Trinajstić information content (AvgIpc) is 2.73. The summed E-state index contributed by atoms with van der Waals surface area (Å²) in [4.78, 5) is 11.9. The van der Waals surface area contributed by atoms with Gasteiger partial charge in [0.1, 0.15) is 0 Å². The molecule has 0 bridgehead atoms. The Hall–Kier alpha value is -2.49. The topological polar surface area (TPSA) is 127 Å². The highest BCUT2D eigenvalue weighted by molar-refractivity contribution is 7.92. The van der Waals surface area contributed by atoms with Gasteiger partial charge in [0.25, 0.3) is 16.0 Å². The number of carboxylic acids is 1. The number of carbonyl (C=O) groups is 1. The van der Waals surface area contributed by atoms with Crippen LogP contribution in [-0.2, 0) is 17.1 Å². The molecule has 0 atom stereocenters. The van der Waals surface area contributed by atoms with Gasteiger partial charge in [-0.2, -0.15) is 4.80 Å². The van der Waals surface area contributed by atoms with Gasteiger partial charge in [0.2, 0.25) is 0 Å². The largest absolute Gasteiger partial charge is 0.478 e. The molecule has 10 heteroatoms. The maximum Gasteiger partial charge on any atom is 0.335 e. The van der Waals surface area contributed by atoms with Crippen LogP contribution >= 0.6 is 0 Å². The third kappa shape index (κ3) is 2.74. The van der Waals surface area contributed by atoms with E-state index in [1.165, 1.54) is 19.2 Å². The van der Waals surface area contributed by atoms with Crippen LogP contribution in [0.2, 0.25) is 0 Å². The summed E-state index contributed by atoms with van der Waals surface area (Å²) in [6, 6.07) is 3.80. The molecule has 0 spiro atoms. The molecule has 0 aliphatic carbocycles. The van der Waals surface area contributed by atoms with Crippen molar-refractivity contribution in [3.63, 3.8) is 0 Å². The normalized spacial score (nSPS) is 11.3. The zero-order valence-electron chi connectivity index (χ0n) is 10.6. The molecule has 0 unspecified atom stereocenters. The molecule has 106 valence electrons. The number of nitrogens with one attached hydrogen (secondary N) is 1. The first-order chi connectivity index (χ1) is 9.29. The number of anilines is 1. The van der Waals surface area contributed by atoms with Gasteiger partial charge in [-0.1, -0.05) is 11.2 Å². The van der Waals surface area contributed by atoms with Crippen LogP contribution in [0.3, 0.4) is 0 Å². The number of hydrogen-bond donors (Lipinski definition) is 2. The highest BCUT2D eigenvalue weighted by Gasteiger charge is 2.19. The first kappa shape index (κ1) is 13.9. The molecular formula is C10H11N5O4S. The summed E-state index contributed by atoms with van der Waals surface area (Å²) in [5.41, 5.74) is 0.383. The van der Waals surface area contributed by atoms with E-state index < -0.39 is 16.0 Å². The molecule has 1 aromatic carbocycles. The molecule has 9 nitrogen and oxygen atoms in total. The van der Waals surface area contributed by atoms with Crippen molar-refractivity contribution in [3.8, 4) is 0 Å². The molecule has 0 amide bonds. The monoisotopic (exact) mass is 297 g/mol. The van der Waals surface area contributed by atoms with Gasteiger partial charge in [-0.15, -0.1) is 5.10 Å². The standard InChI is InChI=1S/C10H11N5O4S/c1-6-3-4-7(5-8(6)9(16)17)20(18,19)13-10-11-14-15(2)12-10/h3-5H,1-2H3,(H,12,13)(H,16,17). The number of aromatic nitrogens is 4. The molecule has 20 heavy (non-hydrogen) atoms. The van der Waals surface area contributed by atoms with Gasteiger partial charge >= 0.3 is 5.97 Å². The molecule has 2 rings (SSSR count). The Bertz CT molecular complexity index is 768. The van der Waals surface area contributed by atoms with Crippen LogP contribution in [0.25, 0.3) is 0 Å². The summed E-state index contributed by atoms with van der Waals surface area (Å²) in [7, 11) is -2.48. The predicted molar refractivity (Wildman–Crippen MR) is 67.7 cm³/mol. The maximum absolute atomic E-state index is 12.1. The van der Waals surface area contributed by atoms with Gasteiger partial charge in [-0.3, -0.25) is 0 Å². The van der Waals surface area contributed by atoms with E-state index in [-0.39, 0.29) is 16.4 Å². The lowest BCUT2D eigenvalue weighted by atomic mass is 10.1. The second-order valence-electron chi connectivity index (χ2n) is 3.99. The Balaban J connectivity index is 2.39. The number of tetrazole rings is 1. The van der Waals surface area contributed by atoms with E-state index in [4.69, 9.17) is 5.11 Å². The molecule has 0 radical (unpaired) electrons. The molecule has 0 saturated heterocycles. The summed E-state index contributed by atoms with van der Waals surface area (Å²) >= 11 is 0. The lowest BCUT2D eigenvalue weighted by Gasteiger charge is -2.06. The van der Waals surface area contributed by atoms with Crippen LogP contribution in [0, 0.1) is 6.92 Å². The Morgan fingerprint density at radius 3 is 2.65 bits per heavy atom. The van der Waals surface area contributed by atoms with E-state index in [2.05, 4.69) is 20.1 Å². The summed E-state index contributed by atoms with van der Waals surface area (Å²) in [6.07, 6.45) is 0. The van der Waals surface area contributed by atoms with Crippen molar-refractivity contribution in [3.05, 3.63) is 29.3 Å². The molecule has 0 aliphatic rings. The SMILES string of the molecule is Cc1ccc(S(=O)(=O)Nc2nnn(C)n2)cc1C(=O)O. The smallest absolute Gasteiger partial charge is 0.335 e. The summed E-state index contributed by atoms with van der Waals surface area (Å²) < 4.78 is 26.3. The second-order valence-corrected chi connectivity index (χ2v) is 5.67. The van der Waals surface area contributed by atoms with E-state index in [0.29, 0.717) is 5.56 Å². The first-order valence-corrected chi connectivity index (χ1v) is 6.88. The number of rotatable bonds is 4. The molecular weight excluding hydrogens is 286 g/mol. The number of carboxylic acid groups (broad SMARTS) is 1. The lowest BCUT2D eigenvalue weighted by molar-refractivity contribution is 0.0696. The van der Waals surface area contributed by atoms with Crippen molar-refractivity contribution in [1.82, 2.24) is 20.2 Å². The number of nitrogens with zero attached hydrogens (tertiary/aromatic N) is 4. The second kappa shape index (κ2) is 4.89. The number of benzene rings is 1. The van der Waals surface area contributed by atoms with E-state index >= 15 is 0 Å². The Labute approximate surface area is 114 Å². The van der Waals surface area contributed by atoms with Crippen molar-refractivity contribution in [2.24, 2.45) is 7.05 Å². The van der Waals surface area contributed by atoms with Gasteiger partial charge < -0.3 is 5.11 Å². The zero-order valence-corrected chi connectivity index (χ0v) is 11.4. The van der Waals surface area contributed by atoms with Crippen LogP contribution in [-0.4, -0.2) is 39.7 Å². The van der Waals surface area contributed by atoms with Crippen molar-refractivity contribution >= 4 is 21.9 Å². The lowest BCUT2D eigenvalue weighted by Crippen LogP contribution is -2.15. The molecule has 0 saturated carbocycles. The quantitative estimate of drug-likeness (QED) is 0.814. The predicted octanol–water partition coefficient (Wildman–Crippen LogP) is 0.0175. The van der Waals surface area contributed by atoms with E-state index in [0.717, 1.165) is 10.9 Å². The third-order valence-electron chi connectivity index (χ3n) is 2.48. The van der Waals surface area contributed by atoms with Gasteiger partial charge in [0, 0.05) is 0 Å². The molecule has 2 aromatic rings. The Kier molecular flexibility index (Phi) is 3.40. The van der Waals surface area contributed by atoms with Gasteiger partial charge in [0.05, 0.1) is 17.5 Å². The van der Waals surface area contributed by atoms with Crippen molar-refractivity contribution < 1.29 is 18.3 Å². The minimum atomic E-state index is -3.96. The van der Waals surface area contributed by atoms with Gasteiger partial charge in [-0.05, 0) is 29.8 Å². The molecule has 0 aliphatic heterocycles. The van der Waals surface area contributed by atoms with E-state index in [1.807, 2.05) is 0 Å². The fraction of sp³-hybridized carbons (Fsp3) is 0.200. The maximum atomic E-state index is 12.1. The van der Waals surface area contributed by atoms with Crippen LogP contribution in [0.1, 0.15) is 15.9 Å². The Morgan fingerprint density at radius 1 is 1.40 bits per heavy atom. The highest BCUT2D eigenvalue weighted by atomic mass is 32.2. The van der Waals surface area contributed by atoms with Crippen molar-refractivity contribution in [2.45, 2.75) is 11.8 Å². The zero-order chi connectivity index (χ0) is 14.9. The van der Waals surface area contributed by atoms with Gasteiger partial charge in [0.15, 0.2) is 0 Å². The Morgan fingerprint density at radius 2 is 2.10 bits per heavy atom. The summed E-state index contributed by atoms with van der Waals surface area (Å²) in [5, 5.41) is 19.7. The first-order valence-electron chi connectivity index (χ1n) is 5.40. The van der Waals surface area contributed by atoms with Crippen LogP contribution in [0.4, 0.5) is 5.95 Å². The molecule has 2 N–H and O–H groups in total. The molecule has 1 aromatic heterocycles. The van der Waals surface area contributed by atoms with Crippen molar-refractivity contribution in [2.75, 3.05) is 4.72 Å². The minimum absolute atomic E-state index is 0.0834. The average molecular weight is 297 g/mol. The number of aryl methyl sites for hydroxylation is 2. The van der Waals surface area contributed by atoms with Crippen LogP contribution < -0.4 is 4.72 Å². The van der Waals surface area contributed by atoms with E-state index in [9.17, 15) is 13.2 Å². The minimum Gasteiger partial charge on any atom is -0.478 e. The highest BCUT2D eigenvalue weighted by Crippen LogP contribution is 2.17. The fourth-order valence-electron chi connectivity index (χ4n) is 1.50. The number of aromatic carboxylic acids is 1. The summed E-state index contributed by atoms with van der Waals surface area (Å²) in [6.45, 7) is 1.58. The number of sulfonamides is 1. The fourth-order valence-corrected chi connectivity index (χ4v) is 2.46. The van der Waals surface area contributed by atoms with Crippen molar-refractivity contribution in [1.29, 1.82) is 0 Å². The number of hydrogen-bond acceptors (Lipinski definition) is 6. The van der Waals surface area contributed by atoms with Gasteiger partial charge in [-0.25, -0.2) is 17.9 Å². The summed E-state index contributed by atoms with van der Waals surface area (Å²) in [5.74, 6) is -1.39.